The molecule has 0 bridgehead atoms. The van der Waals surface area contributed by atoms with Gasteiger partial charge in [0, 0.05) is 6.42 Å². The lowest BCUT2D eigenvalue weighted by Crippen LogP contribution is -2.46. The first kappa shape index (κ1) is 11.6. The van der Waals surface area contributed by atoms with E-state index in [1.54, 1.807) is 0 Å². The normalized spacial score (nSPS) is 22.6. The topological polar surface area (TPSA) is 52.6 Å². The number of fused-ring (bicyclic) bond motifs is 1. The molecule has 1 aliphatic rings. The minimum atomic E-state index is -1.34. The van der Waals surface area contributed by atoms with Crippen LogP contribution in [0.5, 0.6) is 0 Å². The molecular formula is C12H11FO4. The Balaban J connectivity index is 2.43. The first-order valence-electron chi connectivity index (χ1n) is 5.06. The lowest BCUT2D eigenvalue weighted by molar-refractivity contribution is -0.161. The summed E-state index contributed by atoms with van der Waals surface area (Å²) in [5.74, 6) is -1.85. The molecule has 1 unspecified atom stereocenters. The van der Waals surface area contributed by atoms with Gasteiger partial charge in [0.1, 0.15) is 5.82 Å². The van der Waals surface area contributed by atoms with Gasteiger partial charge in [-0.25, -0.2) is 14.0 Å². The van der Waals surface area contributed by atoms with Crippen molar-refractivity contribution in [2.75, 3.05) is 7.11 Å². The number of carbonyl (C=O) groups excluding carboxylic acids is 2. The molecule has 0 saturated carbocycles. The number of ether oxygens (including phenoxy) is 2. The zero-order valence-electron chi connectivity index (χ0n) is 9.45. The van der Waals surface area contributed by atoms with Gasteiger partial charge in [-0.1, -0.05) is 6.07 Å². The lowest BCUT2D eigenvalue weighted by Gasteiger charge is -2.31. The fraction of sp³-hybridized carbons (Fsp3) is 0.333. The number of esters is 2. The van der Waals surface area contributed by atoms with E-state index in [2.05, 4.69) is 4.74 Å². The highest BCUT2D eigenvalue weighted by atomic mass is 19.1. The molecule has 1 aromatic carbocycles. The van der Waals surface area contributed by atoms with E-state index in [0.29, 0.717) is 5.56 Å². The molecule has 1 heterocycles. The van der Waals surface area contributed by atoms with Crippen LogP contribution in [0.4, 0.5) is 4.39 Å². The molecule has 0 aromatic heterocycles. The Morgan fingerprint density at radius 3 is 2.88 bits per heavy atom. The highest BCUT2D eigenvalue weighted by Crippen LogP contribution is 2.29. The van der Waals surface area contributed by atoms with E-state index < -0.39 is 23.4 Å². The fourth-order valence-corrected chi connectivity index (χ4v) is 1.88. The third-order valence-corrected chi connectivity index (χ3v) is 2.75. The van der Waals surface area contributed by atoms with Gasteiger partial charge < -0.3 is 9.47 Å². The number of cyclic esters (lactones) is 1. The van der Waals surface area contributed by atoms with E-state index >= 15 is 0 Å². The third kappa shape index (κ3) is 1.88. The van der Waals surface area contributed by atoms with Crippen LogP contribution in [0.15, 0.2) is 18.2 Å². The molecule has 0 fully saturated rings. The predicted octanol–water partition coefficient (Wildman–Crippen LogP) is 1.47. The first-order valence-corrected chi connectivity index (χ1v) is 5.06. The molecule has 1 aliphatic heterocycles. The average Bonchev–Trinajstić information content (AvgIpc) is 2.29. The molecule has 0 amide bonds. The minimum absolute atomic E-state index is 0.159. The summed E-state index contributed by atoms with van der Waals surface area (Å²) in [4.78, 5) is 23.2. The summed E-state index contributed by atoms with van der Waals surface area (Å²) in [5, 5.41) is 0. The van der Waals surface area contributed by atoms with Crippen LogP contribution in [-0.2, 0) is 20.7 Å². The van der Waals surface area contributed by atoms with Crippen LogP contribution in [0.2, 0.25) is 0 Å². The lowest BCUT2D eigenvalue weighted by atomic mass is 9.90. The molecule has 1 atom stereocenters. The van der Waals surface area contributed by atoms with Gasteiger partial charge >= 0.3 is 11.9 Å². The van der Waals surface area contributed by atoms with Crippen molar-refractivity contribution in [3.05, 3.63) is 35.1 Å². The molecule has 0 spiro atoms. The van der Waals surface area contributed by atoms with Crippen LogP contribution < -0.4 is 0 Å². The monoisotopic (exact) mass is 238 g/mol. The Morgan fingerprint density at radius 2 is 2.24 bits per heavy atom. The van der Waals surface area contributed by atoms with E-state index in [-0.39, 0.29) is 12.0 Å². The fourth-order valence-electron chi connectivity index (χ4n) is 1.88. The largest absolute Gasteiger partial charge is 0.466 e. The molecule has 2 rings (SSSR count). The summed E-state index contributed by atoms with van der Waals surface area (Å²) in [7, 11) is 1.22. The number of halogens is 1. The van der Waals surface area contributed by atoms with Crippen molar-refractivity contribution in [3.63, 3.8) is 0 Å². The van der Waals surface area contributed by atoms with E-state index in [9.17, 15) is 14.0 Å². The standard InChI is InChI=1S/C12H11FO4/c1-12(11(15)16-2)6-7-3-4-8(13)5-9(7)10(14)17-12/h3-5H,6H2,1-2H3. The van der Waals surface area contributed by atoms with Gasteiger partial charge in [-0.3, -0.25) is 0 Å². The van der Waals surface area contributed by atoms with Gasteiger partial charge in [0.05, 0.1) is 12.7 Å². The summed E-state index contributed by atoms with van der Waals surface area (Å²) in [5.41, 5.74) is -0.599. The Labute approximate surface area is 97.3 Å². The van der Waals surface area contributed by atoms with Crippen molar-refractivity contribution in [3.8, 4) is 0 Å². The van der Waals surface area contributed by atoms with Crippen LogP contribution in [0, 0.1) is 5.82 Å². The van der Waals surface area contributed by atoms with Crippen LogP contribution >= 0.6 is 0 Å². The van der Waals surface area contributed by atoms with Crippen LogP contribution in [0.25, 0.3) is 0 Å². The van der Waals surface area contributed by atoms with Gasteiger partial charge in [-0.15, -0.1) is 0 Å². The Bertz CT molecular complexity index is 497. The molecule has 17 heavy (non-hydrogen) atoms. The maximum absolute atomic E-state index is 13.0. The smallest absolute Gasteiger partial charge is 0.350 e. The van der Waals surface area contributed by atoms with E-state index in [1.165, 1.54) is 26.2 Å². The SMILES string of the molecule is COC(=O)C1(C)Cc2ccc(F)cc2C(=O)O1. The van der Waals surface area contributed by atoms with Crippen molar-refractivity contribution in [1.29, 1.82) is 0 Å². The number of hydrogen-bond acceptors (Lipinski definition) is 4. The summed E-state index contributed by atoms with van der Waals surface area (Å²) in [6.07, 6.45) is 0.182. The van der Waals surface area contributed by atoms with E-state index in [0.717, 1.165) is 6.07 Å². The maximum Gasteiger partial charge on any atom is 0.350 e. The van der Waals surface area contributed by atoms with Gasteiger partial charge in [0.2, 0.25) is 5.60 Å². The molecule has 0 saturated heterocycles. The van der Waals surface area contributed by atoms with Crippen LogP contribution in [-0.4, -0.2) is 24.6 Å². The second-order valence-corrected chi connectivity index (χ2v) is 4.09. The van der Waals surface area contributed by atoms with E-state index in [1.807, 2.05) is 0 Å². The average molecular weight is 238 g/mol. The molecule has 4 nitrogen and oxygen atoms in total. The highest BCUT2D eigenvalue weighted by molar-refractivity contribution is 5.96. The molecular weight excluding hydrogens is 227 g/mol. The van der Waals surface area contributed by atoms with Crippen molar-refractivity contribution in [2.45, 2.75) is 18.9 Å². The van der Waals surface area contributed by atoms with E-state index in [4.69, 9.17) is 4.74 Å². The van der Waals surface area contributed by atoms with Crippen molar-refractivity contribution in [2.24, 2.45) is 0 Å². The van der Waals surface area contributed by atoms with Crippen LogP contribution in [0.3, 0.4) is 0 Å². The van der Waals surface area contributed by atoms with Crippen LogP contribution in [0.1, 0.15) is 22.8 Å². The molecule has 5 heteroatoms. The predicted molar refractivity (Wildman–Crippen MR) is 55.9 cm³/mol. The summed E-state index contributed by atoms with van der Waals surface area (Å²) in [6.45, 7) is 1.48. The quantitative estimate of drug-likeness (QED) is 0.695. The summed E-state index contributed by atoms with van der Waals surface area (Å²) >= 11 is 0. The molecule has 1 aromatic rings. The zero-order chi connectivity index (χ0) is 12.6. The number of benzene rings is 1. The van der Waals surface area contributed by atoms with Crippen molar-refractivity contribution < 1.29 is 23.5 Å². The molecule has 0 N–H and O–H groups in total. The highest BCUT2D eigenvalue weighted by Gasteiger charge is 2.43. The zero-order valence-corrected chi connectivity index (χ0v) is 9.45. The Morgan fingerprint density at radius 1 is 1.53 bits per heavy atom. The van der Waals surface area contributed by atoms with Gasteiger partial charge in [0.15, 0.2) is 0 Å². The summed E-state index contributed by atoms with van der Waals surface area (Å²) < 4.78 is 22.6. The number of methoxy groups -OCH3 is 1. The maximum atomic E-state index is 13.0. The first-order chi connectivity index (χ1) is 7.96. The van der Waals surface area contributed by atoms with Crippen molar-refractivity contribution in [1.82, 2.24) is 0 Å². The number of hydrogen-bond donors (Lipinski definition) is 0. The van der Waals surface area contributed by atoms with Gasteiger partial charge in [0.25, 0.3) is 0 Å². The second-order valence-electron chi connectivity index (χ2n) is 4.09. The molecule has 0 aliphatic carbocycles. The molecule has 0 radical (unpaired) electrons. The minimum Gasteiger partial charge on any atom is -0.466 e. The summed E-state index contributed by atoms with van der Waals surface area (Å²) in [6, 6.07) is 3.83. The van der Waals surface area contributed by atoms with Gasteiger partial charge in [-0.2, -0.15) is 0 Å². The Kier molecular flexibility index (Phi) is 2.61. The van der Waals surface area contributed by atoms with Crippen molar-refractivity contribution >= 4 is 11.9 Å². The molecule has 90 valence electrons. The van der Waals surface area contributed by atoms with Gasteiger partial charge in [-0.05, 0) is 24.6 Å². The Hall–Kier alpha value is -1.91. The number of rotatable bonds is 1. The third-order valence-electron chi connectivity index (χ3n) is 2.75. The number of carbonyl (C=O) groups is 2. The second kappa shape index (κ2) is 3.84.